The van der Waals surface area contributed by atoms with E-state index >= 15 is 0 Å². The van der Waals surface area contributed by atoms with Gasteiger partial charge in [0.1, 0.15) is 0 Å². The van der Waals surface area contributed by atoms with E-state index in [2.05, 4.69) is 29.8 Å². The summed E-state index contributed by atoms with van der Waals surface area (Å²) in [5.74, 6) is 0. The summed E-state index contributed by atoms with van der Waals surface area (Å²) in [5.41, 5.74) is 7.74. The molecule has 12 heavy (non-hydrogen) atoms. The molecule has 2 heteroatoms. The Labute approximate surface area is 71.6 Å². The summed E-state index contributed by atoms with van der Waals surface area (Å²) in [6.45, 7) is 3.12. The highest BCUT2D eigenvalue weighted by atomic mass is 14.9. The number of nitrogens with zero attached hydrogens (tertiary/aromatic N) is 1. The molecule has 1 heterocycles. The van der Waals surface area contributed by atoms with Crippen molar-refractivity contribution in [2.24, 2.45) is 0 Å². The highest BCUT2D eigenvalue weighted by Crippen LogP contribution is 2.18. The van der Waals surface area contributed by atoms with Crippen LogP contribution < -0.4 is 5.73 Å². The Balaban J connectivity index is 2.75. The van der Waals surface area contributed by atoms with E-state index < -0.39 is 0 Å². The molecule has 0 aliphatic rings. The van der Waals surface area contributed by atoms with Crippen molar-refractivity contribution in [3.05, 3.63) is 30.5 Å². The van der Waals surface area contributed by atoms with Crippen LogP contribution in [0.25, 0.3) is 10.9 Å². The molecule has 0 unspecified atom stereocenters. The molecular weight excluding hydrogens is 148 g/mol. The number of hydrogen-bond donors (Lipinski definition) is 1. The predicted octanol–water partition coefficient (Wildman–Crippen LogP) is 2.24. The zero-order valence-corrected chi connectivity index (χ0v) is 7.12. The number of rotatable bonds is 1. The number of benzene rings is 1. The molecule has 0 amide bonds. The summed E-state index contributed by atoms with van der Waals surface area (Å²) in [4.78, 5) is 0. The number of fused-ring (bicyclic) bond motifs is 1. The third-order valence-corrected chi connectivity index (χ3v) is 2.14. The third kappa shape index (κ3) is 0.961. The van der Waals surface area contributed by atoms with Crippen LogP contribution in [0.15, 0.2) is 30.5 Å². The maximum Gasteiger partial charge on any atom is 0.0500 e. The highest BCUT2D eigenvalue weighted by Gasteiger charge is 1.98. The molecule has 0 aliphatic carbocycles. The third-order valence-electron chi connectivity index (χ3n) is 2.14. The maximum absolute atomic E-state index is 5.69. The predicted molar refractivity (Wildman–Crippen MR) is 52.0 cm³/mol. The number of nitrogens with two attached hydrogens (primary N) is 1. The molecule has 2 aromatic rings. The number of aromatic nitrogens is 1. The van der Waals surface area contributed by atoms with Crippen molar-refractivity contribution >= 4 is 16.6 Å². The molecule has 0 bridgehead atoms. The smallest absolute Gasteiger partial charge is 0.0500 e. The Morgan fingerprint density at radius 2 is 2.17 bits per heavy atom. The van der Waals surface area contributed by atoms with Gasteiger partial charge in [-0.1, -0.05) is 6.07 Å². The normalized spacial score (nSPS) is 10.8. The number of hydrogen-bond acceptors (Lipinski definition) is 1. The van der Waals surface area contributed by atoms with E-state index in [9.17, 15) is 0 Å². The minimum absolute atomic E-state index is 0.830. The maximum atomic E-state index is 5.69. The summed E-state index contributed by atoms with van der Waals surface area (Å²) >= 11 is 0. The molecule has 0 fully saturated rings. The number of anilines is 1. The van der Waals surface area contributed by atoms with Crippen LogP contribution in [0.2, 0.25) is 0 Å². The first-order chi connectivity index (χ1) is 5.81. The second-order valence-electron chi connectivity index (χ2n) is 2.92. The van der Waals surface area contributed by atoms with Crippen LogP contribution >= 0.6 is 0 Å². The molecule has 0 saturated carbocycles. The first-order valence-electron chi connectivity index (χ1n) is 4.15. The van der Waals surface area contributed by atoms with Crippen molar-refractivity contribution in [1.82, 2.24) is 4.57 Å². The van der Waals surface area contributed by atoms with E-state index in [1.807, 2.05) is 12.1 Å². The van der Waals surface area contributed by atoms with Gasteiger partial charge in [0.25, 0.3) is 0 Å². The Hall–Kier alpha value is -1.44. The first kappa shape index (κ1) is 7.22. The summed E-state index contributed by atoms with van der Waals surface area (Å²) in [5, 5.41) is 1.26. The quantitative estimate of drug-likeness (QED) is 0.637. The molecule has 0 radical (unpaired) electrons. The molecule has 2 nitrogen and oxygen atoms in total. The lowest BCUT2D eigenvalue weighted by Crippen LogP contribution is -1.91. The van der Waals surface area contributed by atoms with Gasteiger partial charge in [0, 0.05) is 18.4 Å². The van der Waals surface area contributed by atoms with Gasteiger partial charge in [-0.25, -0.2) is 0 Å². The summed E-state index contributed by atoms with van der Waals surface area (Å²) in [7, 11) is 0. The van der Waals surface area contributed by atoms with Crippen LogP contribution in [0.5, 0.6) is 0 Å². The van der Waals surface area contributed by atoms with E-state index in [1.165, 1.54) is 10.9 Å². The lowest BCUT2D eigenvalue weighted by molar-refractivity contribution is 0.798. The zero-order chi connectivity index (χ0) is 8.55. The fourth-order valence-electron chi connectivity index (χ4n) is 1.48. The molecule has 2 N–H and O–H groups in total. The Morgan fingerprint density at radius 1 is 1.33 bits per heavy atom. The molecule has 62 valence electrons. The van der Waals surface area contributed by atoms with Crippen LogP contribution in [-0.4, -0.2) is 4.57 Å². The van der Waals surface area contributed by atoms with E-state index in [1.54, 1.807) is 0 Å². The molecule has 2 rings (SSSR count). The van der Waals surface area contributed by atoms with Crippen LogP contribution in [0.4, 0.5) is 5.69 Å². The minimum Gasteiger partial charge on any atom is -0.399 e. The molecule has 0 spiro atoms. The monoisotopic (exact) mass is 160 g/mol. The SMILES string of the molecule is CCn1ccc2ccc(N)cc21. The van der Waals surface area contributed by atoms with E-state index in [0.717, 1.165) is 12.2 Å². The largest absolute Gasteiger partial charge is 0.399 e. The van der Waals surface area contributed by atoms with Crippen molar-refractivity contribution in [3.63, 3.8) is 0 Å². The van der Waals surface area contributed by atoms with Crippen LogP contribution in [-0.2, 0) is 6.54 Å². The fraction of sp³-hybridized carbons (Fsp3) is 0.200. The van der Waals surface area contributed by atoms with Gasteiger partial charge in [-0.05, 0) is 30.5 Å². The highest BCUT2D eigenvalue weighted by molar-refractivity contribution is 5.83. The van der Waals surface area contributed by atoms with Gasteiger partial charge >= 0.3 is 0 Å². The average molecular weight is 160 g/mol. The lowest BCUT2D eigenvalue weighted by atomic mass is 10.2. The summed E-state index contributed by atoms with van der Waals surface area (Å²) < 4.78 is 2.19. The molecule has 0 atom stereocenters. The van der Waals surface area contributed by atoms with Crippen molar-refractivity contribution in [2.45, 2.75) is 13.5 Å². The van der Waals surface area contributed by atoms with Crippen molar-refractivity contribution < 1.29 is 0 Å². The topological polar surface area (TPSA) is 30.9 Å². The molecule has 0 aliphatic heterocycles. The standard InChI is InChI=1S/C10H12N2/c1-2-12-6-5-8-3-4-9(11)7-10(8)12/h3-7H,2,11H2,1H3. The molecule has 1 aromatic carbocycles. The second-order valence-corrected chi connectivity index (χ2v) is 2.92. The van der Waals surface area contributed by atoms with Gasteiger partial charge in [0.2, 0.25) is 0 Å². The lowest BCUT2D eigenvalue weighted by Gasteiger charge is -2.00. The minimum atomic E-state index is 0.830. The second kappa shape index (κ2) is 2.55. The average Bonchev–Trinajstić information content (AvgIpc) is 2.46. The van der Waals surface area contributed by atoms with E-state index in [4.69, 9.17) is 5.73 Å². The Bertz CT molecular complexity index is 401. The van der Waals surface area contributed by atoms with Crippen LogP contribution in [0.1, 0.15) is 6.92 Å². The van der Waals surface area contributed by atoms with Crippen LogP contribution in [0.3, 0.4) is 0 Å². The van der Waals surface area contributed by atoms with E-state index in [0.29, 0.717) is 0 Å². The van der Waals surface area contributed by atoms with Crippen molar-refractivity contribution in [2.75, 3.05) is 5.73 Å². The van der Waals surface area contributed by atoms with Gasteiger partial charge in [-0.2, -0.15) is 0 Å². The molecule has 0 saturated heterocycles. The van der Waals surface area contributed by atoms with Gasteiger partial charge in [0.05, 0.1) is 5.52 Å². The fourth-order valence-corrected chi connectivity index (χ4v) is 1.48. The van der Waals surface area contributed by atoms with Crippen molar-refractivity contribution in [3.8, 4) is 0 Å². The van der Waals surface area contributed by atoms with Crippen molar-refractivity contribution in [1.29, 1.82) is 0 Å². The Kier molecular flexibility index (Phi) is 1.54. The first-order valence-corrected chi connectivity index (χ1v) is 4.15. The van der Waals surface area contributed by atoms with Gasteiger partial charge in [-0.3, -0.25) is 0 Å². The summed E-state index contributed by atoms with van der Waals surface area (Å²) in [6.07, 6.45) is 2.09. The van der Waals surface area contributed by atoms with Gasteiger partial charge < -0.3 is 10.3 Å². The number of nitrogen functional groups attached to an aromatic ring is 1. The Morgan fingerprint density at radius 3 is 2.92 bits per heavy atom. The summed E-state index contributed by atoms with van der Waals surface area (Å²) in [6, 6.07) is 8.11. The number of aryl methyl sites for hydroxylation is 1. The molecular formula is C10H12N2. The van der Waals surface area contributed by atoms with Gasteiger partial charge in [-0.15, -0.1) is 0 Å². The van der Waals surface area contributed by atoms with Crippen LogP contribution in [0, 0.1) is 0 Å². The molecule has 1 aromatic heterocycles. The zero-order valence-electron chi connectivity index (χ0n) is 7.12. The van der Waals surface area contributed by atoms with E-state index in [-0.39, 0.29) is 0 Å². The van der Waals surface area contributed by atoms with Gasteiger partial charge in [0.15, 0.2) is 0 Å².